The number of benzene rings is 1. The lowest BCUT2D eigenvalue weighted by atomic mass is 9.89. The Morgan fingerprint density at radius 1 is 1.26 bits per heavy atom. The van der Waals surface area contributed by atoms with Gasteiger partial charge in [-0.3, -0.25) is 4.79 Å². The Hall–Kier alpha value is -2.66. The Kier molecular flexibility index (Phi) is 5.96. The molecule has 1 amide bonds. The first-order chi connectivity index (χ1) is 18.8. The van der Waals surface area contributed by atoms with Crippen LogP contribution in [0.25, 0.3) is 27.4 Å². The normalized spacial score (nSPS) is 24.4. The number of pyridine rings is 1. The lowest BCUT2D eigenvalue weighted by Gasteiger charge is -2.28. The minimum atomic E-state index is -0.438. The Balaban J connectivity index is 1.44. The molecule has 2 saturated carbocycles. The lowest BCUT2D eigenvalue weighted by molar-refractivity contribution is -0.134. The standard InChI is InChI=1S/C30H26Cl2FN4OSi/c1-14-19-13-24(23-12-17-11-22(17)36(23)30(38)15-7-8-15)37(39)29(19)20-10-16(4-3-9-34)25(27(33)28(20)35-14)18-5-2-6-21(31)26(18)32/h6,10,13,15,17,22-23H,2-5,7-8,11-12H2,1H3. The van der Waals surface area contributed by atoms with Gasteiger partial charge in [0.1, 0.15) is 5.52 Å². The molecule has 1 saturated heterocycles. The quantitative estimate of drug-likeness (QED) is 0.309. The zero-order chi connectivity index (χ0) is 27.2. The molecule has 3 heterocycles. The first-order valence-electron chi connectivity index (χ1n) is 13.6. The van der Waals surface area contributed by atoms with Crippen LogP contribution < -0.4 is 0 Å². The molecule has 4 aliphatic rings. The van der Waals surface area contributed by atoms with Crippen LogP contribution in [0, 0.1) is 35.9 Å². The molecule has 3 radical (unpaired) electrons. The summed E-state index contributed by atoms with van der Waals surface area (Å²) in [6.45, 7) is 1.90. The molecule has 0 bridgehead atoms. The Labute approximate surface area is 239 Å². The van der Waals surface area contributed by atoms with Crippen LogP contribution in [0.2, 0.25) is 0 Å². The molecule has 39 heavy (non-hydrogen) atoms. The molecular formula is C30H26Cl2FN4OSi. The molecule has 3 aromatic rings. The summed E-state index contributed by atoms with van der Waals surface area (Å²) in [6, 6.07) is 6.60. The number of amides is 1. The molecule has 1 aliphatic heterocycles. The number of rotatable bonds is 5. The van der Waals surface area contributed by atoms with Gasteiger partial charge in [0.15, 0.2) is 16.2 Å². The number of hydrogen-bond donors (Lipinski definition) is 0. The van der Waals surface area contributed by atoms with Gasteiger partial charge in [-0.05, 0) is 81.1 Å². The number of halogens is 3. The first-order valence-corrected chi connectivity index (χ1v) is 14.8. The highest BCUT2D eigenvalue weighted by atomic mass is 35.5. The summed E-state index contributed by atoms with van der Waals surface area (Å²) in [5, 5.41) is 11.7. The monoisotopic (exact) mass is 575 g/mol. The molecule has 1 aromatic carbocycles. The average molecular weight is 577 g/mol. The molecule has 7 rings (SSSR count). The summed E-state index contributed by atoms with van der Waals surface area (Å²) in [5.41, 5.74) is 4.59. The molecule has 2 aromatic heterocycles. The molecule has 0 N–H and O–H groups in total. The topological polar surface area (TPSA) is 61.9 Å². The van der Waals surface area contributed by atoms with E-state index >= 15 is 4.39 Å². The molecule has 0 spiro atoms. The zero-order valence-corrected chi connectivity index (χ0v) is 24.0. The van der Waals surface area contributed by atoms with E-state index in [9.17, 15) is 10.1 Å². The van der Waals surface area contributed by atoms with Crippen LogP contribution in [-0.4, -0.2) is 36.5 Å². The zero-order valence-electron chi connectivity index (χ0n) is 21.5. The number of piperidine rings is 1. The molecule has 3 fully saturated rings. The van der Waals surface area contributed by atoms with Crippen LogP contribution in [0.15, 0.2) is 28.3 Å². The number of nitrogens with zero attached hydrogens (tertiary/aromatic N) is 4. The highest BCUT2D eigenvalue weighted by Gasteiger charge is 2.56. The maximum absolute atomic E-state index is 16.5. The van der Waals surface area contributed by atoms with E-state index in [2.05, 4.69) is 27.4 Å². The van der Waals surface area contributed by atoms with Crippen molar-refractivity contribution in [2.75, 3.05) is 0 Å². The van der Waals surface area contributed by atoms with Crippen LogP contribution in [0.3, 0.4) is 0 Å². The minimum Gasteiger partial charge on any atom is -0.371 e. The summed E-state index contributed by atoms with van der Waals surface area (Å²) >= 11 is 12.9. The molecule has 9 heteroatoms. The van der Waals surface area contributed by atoms with E-state index in [1.54, 1.807) is 0 Å². The molecule has 197 valence electrons. The second kappa shape index (κ2) is 9.19. The predicted octanol–water partition coefficient (Wildman–Crippen LogP) is 6.96. The number of carbonyl (C=O) groups excluding carboxylic acids is 1. The second-order valence-corrected chi connectivity index (χ2v) is 12.6. The number of allylic oxidation sites excluding steroid dienone is 4. The molecule has 3 aliphatic carbocycles. The van der Waals surface area contributed by atoms with E-state index in [1.165, 1.54) is 0 Å². The van der Waals surface area contributed by atoms with Gasteiger partial charge < -0.3 is 9.13 Å². The van der Waals surface area contributed by atoms with Crippen molar-refractivity contribution < 1.29 is 9.18 Å². The van der Waals surface area contributed by atoms with Crippen molar-refractivity contribution in [2.45, 2.75) is 70.4 Å². The molecule has 3 atom stereocenters. The third kappa shape index (κ3) is 3.90. The van der Waals surface area contributed by atoms with Crippen LogP contribution in [-0.2, 0) is 11.2 Å². The number of fused-ring (bicyclic) bond motifs is 4. The summed E-state index contributed by atoms with van der Waals surface area (Å²) in [7, 11) is 3.88. The fourth-order valence-electron chi connectivity index (χ4n) is 6.74. The van der Waals surface area contributed by atoms with Crippen LogP contribution in [0.5, 0.6) is 0 Å². The number of likely N-dealkylation sites (tertiary alicyclic amines) is 1. The van der Waals surface area contributed by atoms with E-state index in [-0.39, 0.29) is 29.8 Å². The number of hydrogen-bond acceptors (Lipinski definition) is 3. The third-order valence-corrected chi connectivity index (χ3v) is 10.3. The summed E-state index contributed by atoms with van der Waals surface area (Å²) in [4.78, 5) is 20.1. The highest BCUT2D eigenvalue weighted by Crippen LogP contribution is 2.55. The summed E-state index contributed by atoms with van der Waals surface area (Å²) in [5.74, 6) is 0.571. The van der Waals surface area contributed by atoms with Gasteiger partial charge in [0, 0.05) is 46.1 Å². The van der Waals surface area contributed by atoms with E-state index in [0.29, 0.717) is 57.8 Å². The Morgan fingerprint density at radius 3 is 2.79 bits per heavy atom. The molecule has 3 unspecified atom stereocenters. The first kappa shape index (κ1) is 25.3. The van der Waals surface area contributed by atoms with Crippen molar-refractivity contribution in [1.29, 1.82) is 5.26 Å². The maximum atomic E-state index is 16.5. The summed E-state index contributed by atoms with van der Waals surface area (Å²) < 4.78 is 18.5. The predicted molar refractivity (Wildman–Crippen MR) is 152 cm³/mol. The van der Waals surface area contributed by atoms with Crippen molar-refractivity contribution in [3.63, 3.8) is 0 Å². The van der Waals surface area contributed by atoms with Gasteiger partial charge in [-0.25, -0.2) is 9.37 Å². The van der Waals surface area contributed by atoms with Crippen molar-refractivity contribution in [1.82, 2.24) is 14.1 Å². The summed E-state index contributed by atoms with van der Waals surface area (Å²) in [6.07, 6.45) is 7.71. The molecular weight excluding hydrogens is 550 g/mol. The highest BCUT2D eigenvalue weighted by molar-refractivity contribution is 6.46. The third-order valence-electron chi connectivity index (χ3n) is 8.90. The lowest BCUT2D eigenvalue weighted by Crippen LogP contribution is -2.35. The fourth-order valence-corrected chi connectivity index (χ4v) is 7.68. The number of aromatic nitrogens is 2. The smallest absolute Gasteiger partial charge is 0.226 e. The van der Waals surface area contributed by atoms with Crippen LogP contribution in [0.1, 0.15) is 73.5 Å². The van der Waals surface area contributed by atoms with Gasteiger partial charge in [-0.15, -0.1) is 0 Å². The van der Waals surface area contributed by atoms with E-state index < -0.39 is 5.82 Å². The van der Waals surface area contributed by atoms with E-state index in [1.807, 2.05) is 23.3 Å². The van der Waals surface area contributed by atoms with Crippen LogP contribution in [0.4, 0.5) is 4.39 Å². The van der Waals surface area contributed by atoms with Gasteiger partial charge in [-0.2, -0.15) is 5.26 Å². The Morgan fingerprint density at radius 2 is 2.05 bits per heavy atom. The number of carbonyl (C=O) groups is 1. The fraction of sp³-hybridized carbons (Fsp3) is 0.433. The van der Waals surface area contributed by atoms with Gasteiger partial charge in [-0.1, -0.05) is 29.3 Å². The van der Waals surface area contributed by atoms with E-state index in [0.717, 1.165) is 53.5 Å². The van der Waals surface area contributed by atoms with Crippen molar-refractivity contribution in [3.8, 4) is 6.07 Å². The SMILES string of the molecule is Cc1nc2c(F)c(C3=C(Cl)C(Cl)=CCC3)c(CCC#N)cc2c2c1cc(C1CC3CC3N1C(=O)C1CC1)n2[Si]. The van der Waals surface area contributed by atoms with Gasteiger partial charge in [0.2, 0.25) is 5.91 Å². The van der Waals surface area contributed by atoms with Crippen LogP contribution >= 0.6 is 23.2 Å². The van der Waals surface area contributed by atoms with Gasteiger partial charge in [0.05, 0.1) is 27.7 Å². The van der Waals surface area contributed by atoms with Crippen molar-refractivity contribution in [2.24, 2.45) is 11.8 Å². The van der Waals surface area contributed by atoms with Crippen molar-refractivity contribution in [3.05, 3.63) is 56.6 Å². The minimum absolute atomic E-state index is 0.0106. The number of nitriles is 1. The Bertz CT molecular complexity index is 1700. The number of aryl methyl sites for hydroxylation is 2. The molecule has 5 nitrogen and oxygen atoms in total. The van der Waals surface area contributed by atoms with Gasteiger partial charge in [0.25, 0.3) is 0 Å². The average Bonchev–Trinajstić information content (AvgIpc) is 3.84. The largest absolute Gasteiger partial charge is 0.371 e. The van der Waals surface area contributed by atoms with Crippen molar-refractivity contribution >= 4 is 66.9 Å². The maximum Gasteiger partial charge on any atom is 0.226 e. The van der Waals surface area contributed by atoms with Gasteiger partial charge >= 0.3 is 0 Å². The van der Waals surface area contributed by atoms with E-state index in [4.69, 9.17) is 28.2 Å². The second-order valence-electron chi connectivity index (χ2n) is 11.4.